The second-order valence-electron chi connectivity index (χ2n) is 9.80. The van der Waals surface area contributed by atoms with Crippen molar-refractivity contribution in [3.8, 4) is 0 Å². The van der Waals surface area contributed by atoms with E-state index in [1.807, 2.05) is 0 Å². The topological polar surface area (TPSA) is 243 Å². The Morgan fingerprint density at radius 2 is 0.978 bits per heavy atom. The first kappa shape index (κ1) is 43.6. The quantitative estimate of drug-likeness (QED) is 0.0494. The average molecular weight is 661 g/mol. The van der Waals surface area contributed by atoms with Gasteiger partial charge in [0.1, 0.15) is 0 Å². The summed E-state index contributed by atoms with van der Waals surface area (Å²) in [5.74, 6) is -4.83. The predicted octanol–water partition coefficient (Wildman–Crippen LogP) is 1.17. The molecule has 8 N–H and O–H groups in total. The molecule has 0 aromatic rings. The summed E-state index contributed by atoms with van der Waals surface area (Å²) in [7, 11) is 0. The predicted molar refractivity (Wildman–Crippen MR) is 150 cm³/mol. The van der Waals surface area contributed by atoms with Crippen LogP contribution >= 0.6 is 0 Å². The minimum Gasteiger partial charge on any atom is -0.475 e. The van der Waals surface area contributed by atoms with Gasteiger partial charge >= 0.3 is 12.1 Å². The normalized spacial score (nSPS) is 10.7. The molecule has 0 aliphatic carbocycles. The molecule has 0 radical (unpaired) electrons. The fourth-order valence-electron chi connectivity index (χ4n) is 3.27. The van der Waals surface area contributed by atoms with Gasteiger partial charge in [-0.15, -0.1) is 0 Å². The van der Waals surface area contributed by atoms with Gasteiger partial charge in [0.05, 0.1) is 0 Å². The first-order chi connectivity index (χ1) is 21.0. The molecule has 0 fully saturated rings. The molecule has 0 bridgehead atoms. The molecule has 0 aromatic heterocycles. The third-order valence-electron chi connectivity index (χ3n) is 5.88. The highest BCUT2D eigenvalue weighted by Gasteiger charge is 2.38. The van der Waals surface area contributed by atoms with Crippen LogP contribution < -0.4 is 16.4 Å². The summed E-state index contributed by atoms with van der Waals surface area (Å²) < 4.78 is 31.7. The minimum atomic E-state index is -5.08. The van der Waals surface area contributed by atoms with E-state index in [9.17, 15) is 52.8 Å². The third kappa shape index (κ3) is 26.6. The van der Waals surface area contributed by atoms with E-state index < -0.39 is 29.9 Å². The van der Waals surface area contributed by atoms with Crippen LogP contribution in [0.2, 0.25) is 0 Å². The van der Waals surface area contributed by atoms with Gasteiger partial charge in [-0.05, 0) is 57.9 Å². The third-order valence-corrected chi connectivity index (χ3v) is 5.88. The summed E-state index contributed by atoms with van der Waals surface area (Å²) in [6, 6.07) is 0. The zero-order chi connectivity index (χ0) is 34.8. The molecule has 0 spiro atoms. The highest BCUT2D eigenvalue weighted by molar-refractivity contribution is 5.83. The summed E-state index contributed by atoms with van der Waals surface area (Å²) >= 11 is 0. The first-order valence-electron chi connectivity index (χ1n) is 14.5. The number of carbonyl (C=O) groups is 6. The van der Waals surface area contributed by atoms with Crippen molar-refractivity contribution in [2.45, 2.75) is 90.1 Å². The van der Waals surface area contributed by atoms with Gasteiger partial charge in [0.15, 0.2) is 0 Å². The highest BCUT2D eigenvalue weighted by Crippen LogP contribution is 2.13. The Bertz CT molecular complexity index is 911. The van der Waals surface area contributed by atoms with Crippen molar-refractivity contribution in [2.24, 2.45) is 5.73 Å². The molecule has 262 valence electrons. The lowest BCUT2D eigenvalue weighted by atomic mass is 10.2. The van der Waals surface area contributed by atoms with Gasteiger partial charge in [-0.2, -0.15) is 13.2 Å². The lowest BCUT2D eigenvalue weighted by molar-refractivity contribution is -0.192. The number of carbonyl (C=O) groups excluding carboxylic acids is 5. The van der Waals surface area contributed by atoms with Crippen molar-refractivity contribution in [3.05, 3.63) is 0 Å². The molecule has 0 atom stereocenters. The van der Waals surface area contributed by atoms with E-state index >= 15 is 0 Å². The Balaban J connectivity index is 0. The van der Waals surface area contributed by atoms with E-state index in [-0.39, 0.29) is 57.1 Å². The summed E-state index contributed by atoms with van der Waals surface area (Å²) in [5, 5.41) is 43.0. The maximum Gasteiger partial charge on any atom is 0.490 e. The molecule has 0 rings (SSSR count). The summed E-state index contributed by atoms with van der Waals surface area (Å²) in [6.45, 7) is 3.10. The van der Waals surface area contributed by atoms with Gasteiger partial charge in [0.25, 0.3) is 0 Å². The standard InChI is InChI=1S/C24H46N6O8.C2HF3O2/c1-20(31)28(36)17-7-2-5-15-26-21(32)10-12-23(34)29(37)18-8-3-6-16-27-22(33)11-13-24(35)30(38)19-9-4-14-25;3-2(4,5)1(6)7/h36-38H,2-19,25H2,1H3,(H,26,32)(H,27,33);(H,6,7). The van der Waals surface area contributed by atoms with Crippen LogP contribution in [0, 0.1) is 0 Å². The van der Waals surface area contributed by atoms with Gasteiger partial charge in [-0.1, -0.05) is 0 Å². The van der Waals surface area contributed by atoms with Crippen molar-refractivity contribution >= 4 is 35.5 Å². The number of nitrogens with one attached hydrogen (secondary N) is 2. The van der Waals surface area contributed by atoms with Gasteiger partial charge < -0.3 is 21.5 Å². The van der Waals surface area contributed by atoms with Crippen molar-refractivity contribution in [1.82, 2.24) is 25.8 Å². The number of unbranched alkanes of at least 4 members (excludes halogenated alkanes) is 5. The number of nitrogens with two attached hydrogens (primary N) is 1. The number of nitrogens with zero attached hydrogens (tertiary/aromatic N) is 3. The molecular formula is C26H47F3N6O10. The summed E-state index contributed by atoms with van der Waals surface area (Å²) in [5.41, 5.74) is 5.36. The second kappa shape index (κ2) is 25.7. The smallest absolute Gasteiger partial charge is 0.475 e. The van der Waals surface area contributed by atoms with Crippen LogP contribution in [0.15, 0.2) is 0 Å². The number of aliphatic carboxylic acids is 1. The van der Waals surface area contributed by atoms with Crippen molar-refractivity contribution in [1.29, 1.82) is 0 Å². The summed E-state index contributed by atoms with van der Waals surface area (Å²) in [6.07, 6.45) is -0.276. The fraction of sp³-hybridized carbons (Fsp3) is 0.769. The van der Waals surface area contributed by atoms with Crippen molar-refractivity contribution in [2.75, 3.05) is 39.3 Å². The van der Waals surface area contributed by atoms with E-state index in [4.69, 9.17) is 15.6 Å². The Kier molecular flexibility index (Phi) is 24.9. The molecule has 0 saturated carbocycles. The number of carboxylic acids is 1. The van der Waals surface area contributed by atoms with Crippen molar-refractivity contribution in [3.63, 3.8) is 0 Å². The molecule has 0 aliphatic rings. The van der Waals surface area contributed by atoms with E-state index in [0.29, 0.717) is 79.8 Å². The van der Waals surface area contributed by atoms with E-state index in [2.05, 4.69) is 10.6 Å². The molecule has 0 saturated heterocycles. The Labute approximate surface area is 259 Å². The lowest BCUT2D eigenvalue weighted by Gasteiger charge is -2.15. The van der Waals surface area contributed by atoms with Crippen LogP contribution in [0.25, 0.3) is 0 Å². The van der Waals surface area contributed by atoms with Crippen LogP contribution in [0.5, 0.6) is 0 Å². The number of rotatable bonds is 22. The zero-order valence-corrected chi connectivity index (χ0v) is 25.5. The van der Waals surface area contributed by atoms with Gasteiger partial charge in [0, 0.05) is 65.3 Å². The number of hydroxylamine groups is 6. The SMILES string of the molecule is CC(=O)N(O)CCCCCNC(=O)CCC(=O)N(O)CCCCCNC(=O)CCC(=O)N(O)CCCCN.O=C(O)C(F)(F)F. The van der Waals surface area contributed by atoms with Gasteiger partial charge in [-0.25, -0.2) is 20.0 Å². The molecule has 0 unspecified atom stereocenters. The van der Waals surface area contributed by atoms with Gasteiger partial charge in [0.2, 0.25) is 29.5 Å². The molecular weight excluding hydrogens is 613 g/mol. The number of hydrogen-bond acceptors (Lipinski definition) is 10. The van der Waals surface area contributed by atoms with Crippen LogP contribution in [-0.4, -0.2) is 117 Å². The maximum atomic E-state index is 12.0. The average Bonchev–Trinajstić information content (AvgIpc) is 2.97. The molecule has 0 heterocycles. The number of halogens is 3. The molecule has 0 aromatic carbocycles. The molecule has 5 amide bonds. The molecule has 45 heavy (non-hydrogen) atoms. The van der Waals surface area contributed by atoms with E-state index in [0.717, 1.165) is 6.42 Å². The fourth-order valence-corrected chi connectivity index (χ4v) is 3.27. The van der Waals surface area contributed by atoms with Gasteiger partial charge in [-0.3, -0.25) is 39.6 Å². The molecule has 0 aliphatic heterocycles. The zero-order valence-electron chi connectivity index (χ0n) is 25.5. The number of amides is 5. The Hall–Kier alpha value is -3.55. The lowest BCUT2D eigenvalue weighted by Crippen LogP contribution is -2.31. The molecule has 19 heteroatoms. The monoisotopic (exact) mass is 660 g/mol. The summed E-state index contributed by atoms with van der Waals surface area (Å²) in [4.78, 5) is 67.1. The van der Waals surface area contributed by atoms with E-state index in [1.54, 1.807) is 0 Å². The van der Waals surface area contributed by atoms with Crippen LogP contribution in [0.4, 0.5) is 13.2 Å². The number of hydrogen-bond donors (Lipinski definition) is 7. The minimum absolute atomic E-state index is 0.0249. The maximum absolute atomic E-state index is 12.0. The molecule has 16 nitrogen and oxygen atoms in total. The Morgan fingerprint density at radius 1 is 0.622 bits per heavy atom. The van der Waals surface area contributed by atoms with Crippen LogP contribution in [0.3, 0.4) is 0 Å². The largest absolute Gasteiger partial charge is 0.490 e. The highest BCUT2D eigenvalue weighted by atomic mass is 19.4. The first-order valence-corrected chi connectivity index (χ1v) is 14.5. The van der Waals surface area contributed by atoms with Crippen molar-refractivity contribution < 1.29 is 62.7 Å². The van der Waals surface area contributed by atoms with Crippen LogP contribution in [0.1, 0.15) is 84.0 Å². The van der Waals surface area contributed by atoms with E-state index in [1.165, 1.54) is 6.92 Å². The second-order valence-corrected chi connectivity index (χ2v) is 9.80. The number of alkyl halides is 3. The van der Waals surface area contributed by atoms with Crippen LogP contribution in [-0.2, 0) is 28.8 Å². The Morgan fingerprint density at radius 3 is 1.31 bits per heavy atom. The number of carboxylic acid groups (broad SMARTS) is 1.